The predicted octanol–water partition coefficient (Wildman–Crippen LogP) is 1.45. The van der Waals surface area contributed by atoms with E-state index in [4.69, 9.17) is 14.2 Å². The highest BCUT2D eigenvalue weighted by Gasteiger charge is 2.61. The van der Waals surface area contributed by atoms with Crippen molar-refractivity contribution in [1.29, 1.82) is 0 Å². The number of nitrogens with one attached hydrogen (secondary N) is 1. The summed E-state index contributed by atoms with van der Waals surface area (Å²) in [6.45, 7) is 10.3. The molecule has 6 heteroatoms. The molecule has 6 nitrogen and oxygen atoms in total. The van der Waals surface area contributed by atoms with Gasteiger partial charge in [0.15, 0.2) is 5.79 Å². The predicted molar refractivity (Wildman–Crippen MR) is 72.1 cm³/mol. The summed E-state index contributed by atoms with van der Waals surface area (Å²) in [5, 5.41) is 3.36. The maximum Gasteiger partial charge on any atom is 0.411 e. The average molecular weight is 284 g/mol. The molecule has 0 spiro atoms. The summed E-state index contributed by atoms with van der Waals surface area (Å²) in [5.74, 6) is -0.578. The Labute approximate surface area is 119 Å². The lowest BCUT2D eigenvalue weighted by Gasteiger charge is -2.38. The van der Waals surface area contributed by atoms with Crippen molar-refractivity contribution >= 4 is 6.09 Å². The van der Waals surface area contributed by atoms with Crippen LogP contribution in [-0.4, -0.2) is 53.3 Å². The second kappa shape index (κ2) is 4.32. The Balaban J connectivity index is 1.80. The van der Waals surface area contributed by atoms with E-state index in [2.05, 4.69) is 5.32 Å². The Morgan fingerprint density at radius 3 is 2.60 bits per heavy atom. The molecule has 0 aromatic rings. The van der Waals surface area contributed by atoms with E-state index in [0.29, 0.717) is 0 Å². The minimum Gasteiger partial charge on any atom is -0.444 e. The van der Waals surface area contributed by atoms with Crippen molar-refractivity contribution in [2.45, 2.75) is 76.8 Å². The zero-order valence-corrected chi connectivity index (χ0v) is 12.8. The molecule has 3 saturated heterocycles. The molecule has 114 valence electrons. The topological polar surface area (TPSA) is 60.0 Å². The molecule has 3 fully saturated rings. The van der Waals surface area contributed by atoms with Crippen LogP contribution in [0.25, 0.3) is 0 Å². The van der Waals surface area contributed by atoms with Gasteiger partial charge in [-0.05, 0) is 47.6 Å². The molecule has 1 amide bonds. The van der Waals surface area contributed by atoms with Crippen molar-refractivity contribution < 1.29 is 19.0 Å². The fourth-order valence-electron chi connectivity index (χ4n) is 3.34. The summed E-state index contributed by atoms with van der Waals surface area (Å²) in [5.41, 5.74) is -0.496. The average Bonchev–Trinajstić information content (AvgIpc) is 2.68. The van der Waals surface area contributed by atoms with Crippen molar-refractivity contribution in [2.75, 3.05) is 6.54 Å². The molecule has 4 atom stereocenters. The van der Waals surface area contributed by atoms with E-state index in [-0.39, 0.29) is 30.5 Å². The van der Waals surface area contributed by atoms with E-state index in [1.165, 1.54) is 0 Å². The van der Waals surface area contributed by atoms with Crippen LogP contribution < -0.4 is 5.32 Å². The van der Waals surface area contributed by atoms with E-state index < -0.39 is 11.4 Å². The monoisotopic (exact) mass is 284 g/mol. The van der Waals surface area contributed by atoms with Crippen LogP contribution in [-0.2, 0) is 14.2 Å². The first-order valence-corrected chi connectivity index (χ1v) is 7.28. The van der Waals surface area contributed by atoms with Crippen LogP contribution >= 0.6 is 0 Å². The number of fused-ring (bicyclic) bond motifs is 5. The van der Waals surface area contributed by atoms with Gasteiger partial charge in [-0.3, -0.25) is 10.2 Å². The number of carbonyl (C=O) groups is 1. The maximum absolute atomic E-state index is 12.4. The normalized spacial score (nSPS) is 38.8. The van der Waals surface area contributed by atoms with Crippen molar-refractivity contribution in [3.05, 3.63) is 0 Å². The molecule has 0 aromatic heterocycles. The Morgan fingerprint density at radius 1 is 1.30 bits per heavy atom. The standard InChI is InChI=1S/C14H24N2O4/c1-13(2,3)20-12(17)16-8-6-7-15-11(16)10-9(8)18-14(4,5)19-10/h8-11,15H,6-7H2,1-5H3/t8-,9-,10-,11-/m1/s1. The van der Waals surface area contributed by atoms with Crippen LogP contribution in [0, 0.1) is 0 Å². The second-order valence-corrected chi connectivity index (χ2v) is 7.21. The van der Waals surface area contributed by atoms with Crippen LogP contribution in [0.3, 0.4) is 0 Å². The molecule has 1 N–H and O–H groups in total. The maximum atomic E-state index is 12.4. The van der Waals surface area contributed by atoms with Crippen LogP contribution in [0.4, 0.5) is 4.79 Å². The second-order valence-electron chi connectivity index (χ2n) is 7.21. The van der Waals surface area contributed by atoms with Gasteiger partial charge < -0.3 is 14.2 Å². The van der Waals surface area contributed by atoms with Crippen LogP contribution in [0.2, 0.25) is 0 Å². The number of carbonyl (C=O) groups excluding carboxylic acids is 1. The minimum absolute atomic E-state index is 0.0304. The molecule has 3 rings (SSSR count). The molecule has 0 radical (unpaired) electrons. The van der Waals surface area contributed by atoms with Gasteiger partial charge in [-0.15, -0.1) is 0 Å². The molecule has 3 heterocycles. The van der Waals surface area contributed by atoms with Gasteiger partial charge in [0.1, 0.15) is 24.0 Å². The summed E-state index contributed by atoms with van der Waals surface area (Å²) in [4.78, 5) is 14.2. The van der Waals surface area contributed by atoms with E-state index in [1.54, 1.807) is 4.90 Å². The molecular formula is C14H24N2O4. The highest BCUT2D eigenvalue weighted by atomic mass is 16.8. The van der Waals surface area contributed by atoms with Crippen molar-refractivity contribution in [3.63, 3.8) is 0 Å². The Bertz CT molecular complexity index is 396. The molecule has 0 saturated carbocycles. The molecule has 0 aromatic carbocycles. The zero-order valence-electron chi connectivity index (χ0n) is 12.8. The first kappa shape index (κ1) is 14.1. The third kappa shape index (κ3) is 2.29. The summed E-state index contributed by atoms with van der Waals surface area (Å²) in [6, 6.07) is 0.0304. The van der Waals surface area contributed by atoms with Gasteiger partial charge in [0, 0.05) is 0 Å². The summed E-state index contributed by atoms with van der Waals surface area (Å²) in [6.07, 6.45) is 0.216. The van der Waals surface area contributed by atoms with E-state index in [0.717, 1.165) is 13.0 Å². The van der Waals surface area contributed by atoms with Gasteiger partial charge in [0.25, 0.3) is 0 Å². The number of amides is 1. The fraction of sp³-hybridized carbons (Fsp3) is 0.929. The summed E-state index contributed by atoms with van der Waals surface area (Å²) >= 11 is 0. The van der Waals surface area contributed by atoms with Crippen LogP contribution in [0.5, 0.6) is 0 Å². The molecule has 0 aliphatic carbocycles. The smallest absolute Gasteiger partial charge is 0.411 e. The van der Waals surface area contributed by atoms with Crippen molar-refractivity contribution in [1.82, 2.24) is 10.2 Å². The van der Waals surface area contributed by atoms with E-state index >= 15 is 0 Å². The number of ether oxygens (including phenoxy) is 3. The molecule has 3 aliphatic rings. The Morgan fingerprint density at radius 2 is 1.95 bits per heavy atom. The third-order valence-corrected chi connectivity index (χ3v) is 3.91. The van der Waals surface area contributed by atoms with E-state index in [1.807, 2.05) is 34.6 Å². The third-order valence-electron chi connectivity index (χ3n) is 3.91. The quantitative estimate of drug-likeness (QED) is 0.729. The van der Waals surface area contributed by atoms with Crippen LogP contribution in [0.15, 0.2) is 0 Å². The number of hydrogen-bond donors (Lipinski definition) is 1. The van der Waals surface area contributed by atoms with Gasteiger partial charge >= 0.3 is 6.09 Å². The van der Waals surface area contributed by atoms with Gasteiger partial charge in [-0.1, -0.05) is 0 Å². The lowest BCUT2D eigenvalue weighted by molar-refractivity contribution is -0.171. The number of hydrogen-bond acceptors (Lipinski definition) is 5. The van der Waals surface area contributed by atoms with Gasteiger partial charge in [-0.2, -0.15) is 0 Å². The molecule has 2 bridgehead atoms. The minimum atomic E-state index is -0.578. The van der Waals surface area contributed by atoms with Gasteiger partial charge in [0.05, 0.1) is 6.04 Å². The molecular weight excluding hydrogens is 260 g/mol. The molecule has 0 unspecified atom stereocenters. The lowest BCUT2D eigenvalue weighted by atomic mass is 10.1. The number of rotatable bonds is 0. The van der Waals surface area contributed by atoms with Crippen molar-refractivity contribution in [3.8, 4) is 0 Å². The molecule has 20 heavy (non-hydrogen) atoms. The van der Waals surface area contributed by atoms with E-state index in [9.17, 15) is 4.79 Å². The molecule has 3 aliphatic heterocycles. The zero-order chi connectivity index (χ0) is 14.7. The SMILES string of the molecule is CC(C)(C)OC(=O)N1[C@@H]2CCN[C@H]1[C@@H]1OC(C)(C)O[C@@H]12. The fourth-order valence-corrected chi connectivity index (χ4v) is 3.34. The Hall–Kier alpha value is -0.850. The van der Waals surface area contributed by atoms with Gasteiger partial charge in [0.2, 0.25) is 0 Å². The highest BCUT2D eigenvalue weighted by molar-refractivity contribution is 5.70. The first-order valence-electron chi connectivity index (χ1n) is 7.28. The van der Waals surface area contributed by atoms with Gasteiger partial charge in [-0.25, -0.2) is 4.79 Å². The summed E-state index contributed by atoms with van der Waals surface area (Å²) < 4.78 is 17.5. The largest absolute Gasteiger partial charge is 0.444 e. The highest BCUT2D eigenvalue weighted by Crippen LogP contribution is 2.42. The Kier molecular flexibility index (Phi) is 3.05. The van der Waals surface area contributed by atoms with Crippen LogP contribution in [0.1, 0.15) is 41.0 Å². The number of nitrogens with zero attached hydrogens (tertiary/aromatic N) is 1. The lowest BCUT2D eigenvalue weighted by Crippen LogP contribution is -2.58. The van der Waals surface area contributed by atoms with Crippen molar-refractivity contribution in [2.24, 2.45) is 0 Å². The summed E-state index contributed by atoms with van der Waals surface area (Å²) in [7, 11) is 0. The first-order chi connectivity index (χ1) is 9.18.